The molecule has 0 saturated carbocycles. The van der Waals surface area contributed by atoms with Gasteiger partial charge in [0.15, 0.2) is 0 Å². The number of hydrogen-bond acceptors (Lipinski definition) is 3. The number of hydrogen-bond donors (Lipinski definition) is 0. The van der Waals surface area contributed by atoms with E-state index in [0.29, 0.717) is 0 Å². The quantitative estimate of drug-likeness (QED) is 0.579. The molecule has 0 aliphatic carbocycles. The van der Waals surface area contributed by atoms with Crippen molar-refractivity contribution in [2.75, 3.05) is 0 Å². The van der Waals surface area contributed by atoms with Gasteiger partial charge in [0.2, 0.25) is 0 Å². The zero-order chi connectivity index (χ0) is 14.3. The number of aryl methyl sites for hydroxylation is 1. The number of nitrogens with zero attached hydrogens (tertiary/aromatic N) is 1. The Morgan fingerprint density at radius 2 is 1.63 bits per heavy atom. The van der Waals surface area contributed by atoms with Crippen LogP contribution < -0.4 is 0 Å². The maximum absolute atomic E-state index is 10.5. The van der Waals surface area contributed by atoms with E-state index in [1.807, 2.05) is 39.0 Å². The summed E-state index contributed by atoms with van der Waals surface area (Å²) in [6.45, 7) is 6.04. The minimum Gasteiger partial charge on any atom is -0.258 e. The van der Waals surface area contributed by atoms with Gasteiger partial charge in [-0.05, 0) is 31.2 Å². The summed E-state index contributed by atoms with van der Waals surface area (Å²) < 4.78 is 0. The van der Waals surface area contributed by atoms with Gasteiger partial charge in [0.25, 0.3) is 5.69 Å². The molecule has 0 fully saturated rings. The van der Waals surface area contributed by atoms with Crippen LogP contribution in [-0.4, -0.2) is 4.92 Å². The number of non-ortho nitro benzene ring substituents is 1. The van der Waals surface area contributed by atoms with E-state index < -0.39 is 0 Å². The van der Waals surface area contributed by atoms with Gasteiger partial charge in [0, 0.05) is 21.9 Å². The molecule has 19 heavy (non-hydrogen) atoms. The van der Waals surface area contributed by atoms with E-state index >= 15 is 0 Å². The zero-order valence-electron chi connectivity index (χ0n) is 11.3. The largest absolute Gasteiger partial charge is 0.269 e. The number of benzene rings is 2. The van der Waals surface area contributed by atoms with Crippen LogP contribution in [0.4, 0.5) is 5.69 Å². The Bertz CT molecular complexity index is 538. The summed E-state index contributed by atoms with van der Waals surface area (Å²) in [5.41, 5.74) is 1.33. The predicted molar refractivity (Wildman–Crippen MR) is 79.7 cm³/mol. The van der Waals surface area contributed by atoms with Gasteiger partial charge in [0.1, 0.15) is 0 Å². The van der Waals surface area contributed by atoms with E-state index in [-0.39, 0.29) is 10.6 Å². The second-order valence-corrected chi connectivity index (χ2v) is 4.82. The van der Waals surface area contributed by atoms with Crippen LogP contribution in [0.1, 0.15) is 19.4 Å². The van der Waals surface area contributed by atoms with Crippen molar-refractivity contribution < 1.29 is 4.92 Å². The highest BCUT2D eigenvalue weighted by molar-refractivity contribution is 7.99. The highest BCUT2D eigenvalue weighted by Crippen LogP contribution is 2.29. The Balaban J connectivity index is 0.000000861. The van der Waals surface area contributed by atoms with Crippen LogP contribution in [-0.2, 0) is 0 Å². The average molecular weight is 275 g/mol. The van der Waals surface area contributed by atoms with Crippen molar-refractivity contribution in [1.29, 1.82) is 0 Å². The second-order valence-electron chi connectivity index (χ2n) is 3.67. The maximum Gasteiger partial charge on any atom is 0.269 e. The van der Waals surface area contributed by atoms with E-state index in [2.05, 4.69) is 6.07 Å². The second kappa shape index (κ2) is 7.59. The van der Waals surface area contributed by atoms with Crippen LogP contribution in [0.5, 0.6) is 0 Å². The Morgan fingerprint density at radius 3 is 2.16 bits per heavy atom. The third-order valence-corrected chi connectivity index (χ3v) is 3.27. The lowest BCUT2D eigenvalue weighted by atomic mass is 10.2. The minimum absolute atomic E-state index is 0.124. The topological polar surface area (TPSA) is 43.1 Å². The molecule has 0 spiro atoms. The van der Waals surface area contributed by atoms with Crippen molar-refractivity contribution in [3.63, 3.8) is 0 Å². The van der Waals surface area contributed by atoms with Gasteiger partial charge < -0.3 is 0 Å². The summed E-state index contributed by atoms with van der Waals surface area (Å²) in [6.07, 6.45) is 0. The summed E-state index contributed by atoms with van der Waals surface area (Å²) in [6, 6.07) is 14.8. The number of nitro benzene ring substituents is 1. The Hall–Kier alpha value is -1.81. The molecule has 0 N–H and O–H groups in total. The lowest BCUT2D eigenvalue weighted by Crippen LogP contribution is -1.86. The fourth-order valence-corrected chi connectivity index (χ4v) is 2.39. The summed E-state index contributed by atoms with van der Waals surface area (Å²) in [7, 11) is 0. The van der Waals surface area contributed by atoms with Gasteiger partial charge in [-0.15, -0.1) is 0 Å². The molecular formula is C15H17NO2S. The molecule has 0 atom stereocenters. The first-order chi connectivity index (χ1) is 9.15. The summed E-state index contributed by atoms with van der Waals surface area (Å²) in [4.78, 5) is 12.3. The molecule has 2 aromatic carbocycles. The number of nitro groups is 1. The summed E-state index contributed by atoms with van der Waals surface area (Å²) >= 11 is 1.60. The maximum atomic E-state index is 10.5. The predicted octanol–water partition coefficient (Wildman–Crippen LogP) is 5.08. The van der Waals surface area contributed by atoms with Crippen molar-refractivity contribution in [2.45, 2.75) is 30.6 Å². The standard InChI is InChI=1S/C13H11NO2S.C2H6/c1-10-3-2-4-13(9-10)17-12-7-5-11(6-8-12)14(15)16;1-2/h2-9H,1H3;1-2H3. The van der Waals surface area contributed by atoms with Gasteiger partial charge in [-0.25, -0.2) is 0 Å². The molecule has 3 nitrogen and oxygen atoms in total. The molecule has 100 valence electrons. The van der Waals surface area contributed by atoms with Crippen LogP contribution in [0.25, 0.3) is 0 Å². The molecule has 0 aliphatic rings. The van der Waals surface area contributed by atoms with Crippen molar-refractivity contribution in [2.24, 2.45) is 0 Å². The Labute approximate surface area is 117 Å². The van der Waals surface area contributed by atoms with E-state index in [9.17, 15) is 10.1 Å². The molecule has 0 bridgehead atoms. The fraction of sp³-hybridized carbons (Fsp3) is 0.200. The molecule has 0 heterocycles. The van der Waals surface area contributed by atoms with Crippen LogP contribution in [0.15, 0.2) is 58.3 Å². The molecule has 0 saturated heterocycles. The van der Waals surface area contributed by atoms with Crippen LogP contribution in [0.3, 0.4) is 0 Å². The van der Waals surface area contributed by atoms with Crippen molar-refractivity contribution >= 4 is 17.4 Å². The molecule has 0 amide bonds. The third-order valence-electron chi connectivity index (χ3n) is 2.27. The molecular weight excluding hydrogens is 258 g/mol. The lowest BCUT2D eigenvalue weighted by molar-refractivity contribution is -0.384. The van der Waals surface area contributed by atoms with Gasteiger partial charge >= 0.3 is 0 Å². The molecule has 0 radical (unpaired) electrons. The van der Waals surface area contributed by atoms with E-state index in [1.165, 1.54) is 17.7 Å². The fourth-order valence-electron chi connectivity index (χ4n) is 1.45. The van der Waals surface area contributed by atoms with Gasteiger partial charge in [-0.1, -0.05) is 43.3 Å². The molecule has 0 aromatic heterocycles. The van der Waals surface area contributed by atoms with E-state index in [1.54, 1.807) is 23.9 Å². The normalized spacial score (nSPS) is 9.42. The highest BCUT2D eigenvalue weighted by Gasteiger charge is 2.04. The van der Waals surface area contributed by atoms with Crippen LogP contribution in [0, 0.1) is 17.0 Å². The Kier molecular flexibility index (Phi) is 6.09. The summed E-state index contributed by atoms with van der Waals surface area (Å²) in [5, 5.41) is 10.5. The van der Waals surface area contributed by atoms with Gasteiger partial charge in [-0.2, -0.15) is 0 Å². The van der Waals surface area contributed by atoms with E-state index in [0.717, 1.165) is 9.79 Å². The first-order valence-electron chi connectivity index (χ1n) is 6.14. The van der Waals surface area contributed by atoms with Crippen LogP contribution in [0.2, 0.25) is 0 Å². The first kappa shape index (κ1) is 15.2. The molecule has 2 aromatic rings. The third kappa shape index (κ3) is 4.75. The molecule has 0 unspecified atom stereocenters. The van der Waals surface area contributed by atoms with Crippen molar-refractivity contribution in [1.82, 2.24) is 0 Å². The highest BCUT2D eigenvalue weighted by atomic mass is 32.2. The molecule has 0 aliphatic heterocycles. The van der Waals surface area contributed by atoms with Gasteiger partial charge in [0.05, 0.1) is 4.92 Å². The summed E-state index contributed by atoms with van der Waals surface area (Å²) in [5.74, 6) is 0. The first-order valence-corrected chi connectivity index (χ1v) is 6.96. The van der Waals surface area contributed by atoms with Gasteiger partial charge in [-0.3, -0.25) is 10.1 Å². The Morgan fingerprint density at radius 1 is 1.00 bits per heavy atom. The smallest absolute Gasteiger partial charge is 0.258 e. The van der Waals surface area contributed by atoms with E-state index in [4.69, 9.17) is 0 Å². The molecule has 2 rings (SSSR count). The molecule has 4 heteroatoms. The van der Waals surface area contributed by atoms with Crippen molar-refractivity contribution in [3.05, 3.63) is 64.2 Å². The SMILES string of the molecule is CC.Cc1cccc(Sc2ccc([N+](=O)[O-])cc2)c1. The minimum atomic E-state index is -0.388. The van der Waals surface area contributed by atoms with Crippen LogP contribution >= 0.6 is 11.8 Å². The zero-order valence-corrected chi connectivity index (χ0v) is 12.1. The number of rotatable bonds is 3. The van der Waals surface area contributed by atoms with Crippen molar-refractivity contribution in [3.8, 4) is 0 Å². The average Bonchev–Trinajstić information content (AvgIpc) is 2.41. The monoisotopic (exact) mass is 275 g/mol. The lowest BCUT2D eigenvalue weighted by Gasteiger charge is -2.02.